The molecule has 2 aromatic rings. The predicted octanol–water partition coefficient (Wildman–Crippen LogP) is 2.41. The van der Waals surface area contributed by atoms with Gasteiger partial charge in [0.1, 0.15) is 6.61 Å². The number of benzene rings is 1. The minimum Gasteiger partial charge on any atom is -0.375 e. The first-order chi connectivity index (χ1) is 11.1. The van der Waals surface area contributed by atoms with Crippen LogP contribution in [0.1, 0.15) is 41.8 Å². The molecule has 1 aliphatic rings. The van der Waals surface area contributed by atoms with Gasteiger partial charge in [0.25, 0.3) is 11.8 Å². The standard InChI is InChI=1S/C17H21N3O3/c1-17(16-18-14(11-22-2)23-19-16)9-6-10-20(12-17)15(21)13-7-4-3-5-8-13/h3-5,7-8H,6,9-12H2,1-2H3. The van der Waals surface area contributed by atoms with Gasteiger partial charge in [-0.2, -0.15) is 4.98 Å². The third-order valence-corrected chi connectivity index (χ3v) is 4.28. The quantitative estimate of drug-likeness (QED) is 0.866. The van der Waals surface area contributed by atoms with E-state index in [1.807, 2.05) is 35.2 Å². The van der Waals surface area contributed by atoms with Crippen molar-refractivity contribution >= 4 is 5.91 Å². The zero-order valence-electron chi connectivity index (χ0n) is 13.5. The first-order valence-electron chi connectivity index (χ1n) is 7.79. The molecule has 0 radical (unpaired) electrons. The molecule has 2 heterocycles. The largest absolute Gasteiger partial charge is 0.375 e. The number of rotatable bonds is 4. The van der Waals surface area contributed by atoms with Gasteiger partial charge in [-0.05, 0) is 25.0 Å². The highest BCUT2D eigenvalue weighted by Gasteiger charge is 2.38. The third-order valence-electron chi connectivity index (χ3n) is 4.28. The lowest BCUT2D eigenvalue weighted by Crippen LogP contribution is -2.47. The molecule has 1 aromatic heterocycles. The molecule has 6 nitrogen and oxygen atoms in total. The molecule has 1 aliphatic heterocycles. The highest BCUT2D eigenvalue weighted by Crippen LogP contribution is 2.32. The summed E-state index contributed by atoms with van der Waals surface area (Å²) in [6, 6.07) is 9.37. The summed E-state index contributed by atoms with van der Waals surface area (Å²) >= 11 is 0. The molecule has 1 amide bonds. The molecule has 3 rings (SSSR count). The monoisotopic (exact) mass is 315 g/mol. The molecule has 122 valence electrons. The van der Waals surface area contributed by atoms with Crippen molar-refractivity contribution in [3.8, 4) is 0 Å². The Morgan fingerprint density at radius 3 is 2.91 bits per heavy atom. The SMILES string of the molecule is COCc1nc(C2(C)CCCN(C(=O)c3ccccc3)C2)no1. The van der Waals surface area contributed by atoms with Crippen LogP contribution in [-0.4, -0.2) is 41.1 Å². The van der Waals surface area contributed by atoms with Crippen molar-refractivity contribution in [3.63, 3.8) is 0 Å². The van der Waals surface area contributed by atoms with Gasteiger partial charge >= 0.3 is 0 Å². The van der Waals surface area contributed by atoms with Crippen LogP contribution in [0.4, 0.5) is 0 Å². The Morgan fingerprint density at radius 2 is 2.17 bits per heavy atom. The Bertz CT molecular complexity index is 671. The lowest BCUT2D eigenvalue weighted by Gasteiger charge is -2.38. The van der Waals surface area contributed by atoms with Crippen molar-refractivity contribution in [1.82, 2.24) is 15.0 Å². The van der Waals surface area contributed by atoms with Crippen molar-refractivity contribution in [2.24, 2.45) is 0 Å². The fraction of sp³-hybridized carbons (Fsp3) is 0.471. The zero-order valence-corrected chi connectivity index (χ0v) is 13.5. The maximum Gasteiger partial charge on any atom is 0.253 e. The molecule has 1 aromatic carbocycles. The molecule has 1 unspecified atom stereocenters. The molecule has 0 bridgehead atoms. The van der Waals surface area contributed by atoms with E-state index in [9.17, 15) is 4.79 Å². The van der Waals surface area contributed by atoms with E-state index in [2.05, 4.69) is 17.1 Å². The second kappa shape index (κ2) is 6.50. The molecular formula is C17H21N3O3. The second-order valence-corrected chi connectivity index (χ2v) is 6.20. The van der Waals surface area contributed by atoms with Crippen LogP contribution in [0.5, 0.6) is 0 Å². The Labute approximate surface area is 135 Å². The maximum atomic E-state index is 12.7. The molecule has 1 saturated heterocycles. The molecule has 6 heteroatoms. The van der Waals surface area contributed by atoms with E-state index in [1.165, 1.54) is 0 Å². The average Bonchev–Trinajstić information content (AvgIpc) is 3.05. The van der Waals surface area contributed by atoms with Crippen LogP contribution in [0.2, 0.25) is 0 Å². The number of piperidine rings is 1. The van der Waals surface area contributed by atoms with Crippen molar-refractivity contribution in [2.75, 3.05) is 20.2 Å². The number of carbonyl (C=O) groups excluding carboxylic acids is 1. The van der Waals surface area contributed by atoms with Gasteiger partial charge in [0.05, 0.1) is 0 Å². The molecule has 0 aliphatic carbocycles. The summed E-state index contributed by atoms with van der Waals surface area (Å²) in [6.45, 7) is 3.73. The van der Waals surface area contributed by atoms with E-state index < -0.39 is 0 Å². The van der Waals surface area contributed by atoms with E-state index in [-0.39, 0.29) is 11.3 Å². The van der Waals surface area contributed by atoms with Crippen LogP contribution in [0.3, 0.4) is 0 Å². The lowest BCUT2D eigenvalue weighted by atomic mass is 9.81. The first-order valence-corrected chi connectivity index (χ1v) is 7.79. The Balaban J connectivity index is 1.77. The summed E-state index contributed by atoms with van der Waals surface area (Å²) in [5.41, 5.74) is 0.419. The van der Waals surface area contributed by atoms with Crippen LogP contribution in [-0.2, 0) is 16.8 Å². The van der Waals surface area contributed by atoms with Gasteiger partial charge in [0.2, 0.25) is 0 Å². The molecular weight excluding hydrogens is 294 g/mol. The first kappa shape index (κ1) is 15.7. The fourth-order valence-corrected chi connectivity index (χ4v) is 3.04. The molecule has 0 saturated carbocycles. The van der Waals surface area contributed by atoms with Gasteiger partial charge in [-0.3, -0.25) is 4.79 Å². The smallest absolute Gasteiger partial charge is 0.253 e. The number of hydrogen-bond acceptors (Lipinski definition) is 5. The van der Waals surface area contributed by atoms with Gasteiger partial charge < -0.3 is 14.2 Å². The minimum absolute atomic E-state index is 0.0529. The van der Waals surface area contributed by atoms with Gasteiger partial charge in [0, 0.05) is 31.2 Å². The van der Waals surface area contributed by atoms with Crippen LogP contribution >= 0.6 is 0 Å². The summed E-state index contributed by atoms with van der Waals surface area (Å²) in [5, 5.41) is 4.09. The lowest BCUT2D eigenvalue weighted by molar-refractivity contribution is 0.0642. The summed E-state index contributed by atoms with van der Waals surface area (Å²) in [4.78, 5) is 19.0. The molecule has 0 N–H and O–H groups in total. The summed E-state index contributed by atoms with van der Waals surface area (Å²) in [7, 11) is 1.59. The van der Waals surface area contributed by atoms with Crippen molar-refractivity contribution in [2.45, 2.75) is 31.8 Å². The summed E-state index contributed by atoms with van der Waals surface area (Å²) < 4.78 is 10.2. The van der Waals surface area contributed by atoms with Crippen LogP contribution in [0, 0.1) is 0 Å². The normalized spacial score (nSPS) is 21.4. The average molecular weight is 315 g/mol. The van der Waals surface area contributed by atoms with E-state index in [1.54, 1.807) is 7.11 Å². The zero-order chi connectivity index (χ0) is 16.3. The number of amides is 1. The van der Waals surface area contributed by atoms with Gasteiger partial charge in [-0.25, -0.2) is 0 Å². The second-order valence-electron chi connectivity index (χ2n) is 6.20. The van der Waals surface area contributed by atoms with Gasteiger partial charge in [0.15, 0.2) is 5.82 Å². The third kappa shape index (κ3) is 3.27. The van der Waals surface area contributed by atoms with Crippen molar-refractivity contribution in [3.05, 3.63) is 47.6 Å². The summed E-state index contributed by atoms with van der Waals surface area (Å²) in [5.74, 6) is 1.17. The number of methoxy groups -OCH3 is 1. The Morgan fingerprint density at radius 1 is 1.39 bits per heavy atom. The summed E-state index contributed by atoms with van der Waals surface area (Å²) in [6.07, 6.45) is 1.85. The number of carbonyl (C=O) groups is 1. The topological polar surface area (TPSA) is 68.5 Å². The number of aromatic nitrogens is 2. The van der Waals surface area contributed by atoms with Gasteiger partial charge in [-0.15, -0.1) is 0 Å². The highest BCUT2D eigenvalue weighted by atomic mass is 16.5. The maximum absolute atomic E-state index is 12.7. The van der Waals surface area contributed by atoms with Crippen LogP contribution in [0.25, 0.3) is 0 Å². The number of likely N-dealkylation sites (tertiary alicyclic amines) is 1. The number of ether oxygens (including phenoxy) is 1. The molecule has 1 fully saturated rings. The van der Waals surface area contributed by atoms with Crippen LogP contribution < -0.4 is 0 Å². The Kier molecular flexibility index (Phi) is 4.43. The molecule has 1 atom stereocenters. The fourth-order valence-electron chi connectivity index (χ4n) is 3.04. The van der Waals surface area contributed by atoms with Crippen molar-refractivity contribution in [1.29, 1.82) is 0 Å². The Hall–Kier alpha value is -2.21. The van der Waals surface area contributed by atoms with E-state index in [0.29, 0.717) is 30.4 Å². The van der Waals surface area contributed by atoms with Gasteiger partial charge in [-0.1, -0.05) is 30.3 Å². The van der Waals surface area contributed by atoms with Crippen molar-refractivity contribution < 1.29 is 14.1 Å². The number of hydrogen-bond donors (Lipinski definition) is 0. The van der Waals surface area contributed by atoms with Crippen LogP contribution in [0.15, 0.2) is 34.9 Å². The number of nitrogens with zero attached hydrogens (tertiary/aromatic N) is 3. The predicted molar refractivity (Wildman–Crippen MR) is 83.9 cm³/mol. The van der Waals surface area contributed by atoms with E-state index in [4.69, 9.17) is 9.26 Å². The minimum atomic E-state index is -0.293. The highest BCUT2D eigenvalue weighted by molar-refractivity contribution is 5.94. The van der Waals surface area contributed by atoms with E-state index >= 15 is 0 Å². The molecule has 23 heavy (non-hydrogen) atoms. The van der Waals surface area contributed by atoms with E-state index in [0.717, 1.165) is 19.4 Å². The molecule has 0 spiro atoms.